The SMILES string of the molecule is O=S(=O)(O)c1ccccc1.ON=C1CCCC1. The summed E-state index contributed by atoms with van der Waals surface area (Å²) < 4.78 is 29.2. The van der Waals surface area contributed by atoms with Crippen LogP contribution in [0.2, 0.25) is 0 Å². The standard InChI is InChI=1S/C6H6O3S.C5H9NO/c7-10(8,9)6-4-2-1-3-5-6;7-6-5-3-1-2-4-5/h1-5H,(H,7,8,9);7H,1-4H2. The van der Waals surface area contributed by atoms with Gasteiger partial charge >= 0.3 is 0 Å². The molecule has 6 heteroatoms. The van der Waals surface area contributed by atoms with E-state index in [-0.39, 0.29) is 4.90 Å². The molecule has 1 aliphatic carbocycles. The van der Waals surface area contributed by atoms with Crippen LogP contribution in [0.4, 0.5) is 0 Å². The lowest BCUT2D eigenvalue weighted by Crippen LogP contribution is -1.96. The zero-order valence-corrected chi connectivity index (χ0v) is 10.1. The highest BCUT2D eigenvalue weighted by Crippen LogP contribution is 2.13. The van der Waals surface area contributed by atoms with Crippen molar-refractivity contribution in [1.29, 1.82) is 0 Å². The molecule has 1 aromatic rings. The van der Waals surface area contributed by atoms with Gasteiger partial charge < -0.3 is 5.21 Å². The van der Waals surface area contributed by atoms with Gasteiger partial charge in [-0.3, -0.25) is 4.55 Å². The van der Waals surface area contributed by atoms with E-state index in [4.69, 9.17) is 9.76 Å². The summed E-state index contributed by atoms with van der Waals surface area (Å²) in [4.78, 5) is -0.0741. The van der Waals surface area contributed by atoms with Gasteiger partial charge in [-0.05, 0) is 37.8 Å². The summed E-state index contributed by atoms with van der Waals surface area (Å²) in [6.07, 6.45) is 4.44. The molecule has 5 nitrogen and oxygen atoms in total. The molecule has 0 saturated heterocycles. The lowest BCUT2D eigenvalue weighted by molar-refractivity contribution is 0.317. The van der Waals surface area contributed by atoms with Crippen molar-refractivity contribution in [3.8, 4) is 0 Å². The zero-order valence-electron chi connectivity index (χ0n) is 9.28. The van der Waals surface area contributed by atoms with Crippen molar-refractivity contribution >= 4 is 15.8 Å². The molecule has 0 unspecified atom stereocenters. The highest BCUT2D eigenvalue weighted by molar-refractivity contribution is 7.85. The fourth-order valence-corrected chi connectivity index (χ4v) is 1.98. The predicted molar refractivity (Wildman–Crippen MR) is 63.9 cm³/mol. The monoisotopic (exact) mass is 257 g/mol. The average Bonchev–Trinajstić information content (AvgIpc) is 2.83. The van der Waals surface area contributed by atoms with E-state index in [0.29, 0.717) is 0 Å². The van der Waals surface area contributed by atoms with Crippen molar-refractivity contribution < 1.29 is 18.2 Å². The summed E-state index contributed by atoms with van der Waals surface area (Å²) in [5.41, 5.74) is 0.972. The zero-order chi connectivity index (χ0) is 12.7. The Morgan fingerprint density at radius 3 is 1.88 bits per heavy atom. The lowest BCUT2D eigenvalue weighted by Gasteiger charge is -1.92. The van der Waals surface area contributed by atoms with Crippen LogP contribution in [0, 0.1) is 0 Å². The van der Waals surface area contributed by atoms with Crippen LogP contribution in [0.3, 0.4) is 0 Å². The molecule has 94 valence electrons. The quantitative estimate of drug-likeness (QED) is 0.459. The Hall–Kier alpha value is -1.40. The van der Waals surface area contributed by atoms with Crippen molar-refractivity contribution in [3.63, 3.8) is 0 Å². The first-order chi connectivity index (χ1) is 8.04. The molecule has 0 aliphatic heterocycles. The first kappa shape index (κ1) is 13.7. The van der Waals surface area contributed by atoms with E-state index in [1.807, 2.05) is 0 Å². The third-order valence-corrected chi connectivity index (χ3v) is 3.23. The highest BCUT2D eigenvalue weighted by Gasteiger charge is 2.06. The van der Waals surface area contributed by atoms with Gasteiger partial charge in [-0.15, -0.1) is 0 Å². The van der Waals surface area contributed by atoms with Crippen LogP contribution >= 0.6 is 0 Å². The summed E-state index contributed by atoms with van der Waals surface area (Å²) in [5, 5.41) is 11.3. The Bertz CT molecular complexity index is 460. The molecule has 2 N–H and O–H groups in total. The van der Waals surface area contributed by atoms with Crippen molar-refractivity contribution in [2.24, 2.45) is 5.16 Å². The highest BCUT2D eigenvalue weighted by atomic mass is 32.2. The van der Waals surface area contributed by atoms with Crippen LogP contribution in [-0.2, 0) is 10.1 Å². The number of rotatable bonds is 1. The summed E-state index contributed by atoms with van der Waals surface area (Å²) in [7, 11) is -4.00. The van der Waals surface area contributed by atoms with E-state index in [0.717, 1.165) is 18.6 Å². The summed E-state index contributed by atoms with van der Waals surface area (Å²) >= 11 is 0. The minimum atomic E-state index is -4.00. The number of nitrogens with zero attached hydrogens (tertiary/aromatic N) is 1. The number of benzene rings is 1. The fourth-order valence-electron chi connectivity index (χ4n) is 1.48. The van der Waals surface area contributed by atoms with Crippen LogP contribution in [-0.4, -0.2) is 23.9 Å². The molecular weight excluding hydrogens is 242 g/mol. The van der Waals surface area contributed by atoms with Gasteiger partial charge in [0.25, 0.3) is 10.1 Å². The topological polar surface area (TPSA) is 87.0 Å². The predicted octanol–water partition coefficient (Wildman–Crippen LogP) is 2.32. The molecule has 0 atom stereocenters. The second-order valence-corrected chi connectivity index (χ2v) is 5.08. The fraction of sp³-hybridized carbons (Fsp3) is 0.364. The maximum atomic E-state index is 10.4. The van der Waals surface area contributed by atoms with E-state index < -0.39 is 10.1 Å². The molecule has 1 aromatic carbocycles. The molecule has 2 rings (SSSR count). The van der Waals surface area contributed by atoms with Crippen molar-refractivity contribution in [3.05, 3.63) is 30.3 Å². The number of oxime groups is 1. The van der Waals surface area contributed by atoms with Crippen molar-refractivity contribution in [1.82, 2.24) is 0 Å². The molecule has 1 fully saturated rings. The Labute approximate surface area is 101 Å². The Kier molecular flexibility index (Phi) is 5.11. The van der Waals surface area contributed by atoms with Crippen LogP contribution in [0.25, 0.3) is 0 Å². The minimum absolute atomic E-state index is 0.0741. The summed E-state index contributed by atoms with van der Waals surface area (Å²) in [6.45, 7) is 0. The molecule has 1 saturated carbocycles. The van der Waals surface area contributed by atoms with E-state index in [9.17, 15) is 8.42 Å². The van der Waals surface area contributed by atoms with Gasteiger partial charge in [0, 0.05) is 0 Å². The maximum Gasteiger partial charge on any atom is 0.294 e. The van der Waals surface area contributed by atoms with Gasteiger partial charge in [0.1, 0.15) is 0 Å². The van der Waals surface area contributed by atoms with E-state index in [1.165, 1.54) is 25.0 Å². The first-order valence-corrected chi connectivity index (χ1v) is 6.70. The minimum Gasteiger partial charge on any atom is -0.411 e. The Balaban J connectivity index is 0.000000181. The van der Waals surface area contributed by atoms with Gasteiger partial charge in [-0.1, -0.05) is 23.4 Å². The Morgan fingerprint density at radius 1 is 1.06 bits per heavy atom. The first-order valence-electron chi connectivity index (χ1n) is 5.26. The molecule has 0 aromatic heterocycles. The normalized spacial score (nSPS) is 15.0. The second kappa shape index (κ2) is 6.36. The third kappa shape index (κ3) is 4.97. The molecule has 0 spiro atoms. The van der Waals surface area contributed by atoms with E-state index in [2.05, 4.69) is 5.16 Å². The second-order valence-electron chi connectivity index (χ2n) is 3.66. The molecule has 0 amide bonds. The molecule has 0 heterocycles. The van der Waals surface area contributed by atoms with Gasteiger partial charge in [-0.2, -0.15) is 8.42 Å². The van der Waals surface area contributed by atoms with E-state index >= 15 is 0 Å². The average molecular weight is 257 g/mol. The molecule has 0 radical (unpaired) electrons. The molecule has 1 aliphatic rings. The molecule has 0 bridgehead atoms. The van der Waals surface area contributed by atoms with E-state index in [1.54, 1.807) is 18.2 Å². The lowest BCUT2D eigenvalue weighted by atomic mass is 10.3. The van der Waals surface area contributed by atoms with Crippen LogP contribution in [0.5, 0.6) is 0 Å². The number of hydrogen-bond donors (Lipinski definition) is 2. The third-order valence-electron chi connectivity index (χ3n) is 2.36. The largest absolute Gasteiger partial charge is 0.411 e. The van der Waals surface area contributed by atoms with Crippen molar-refractivity contribution in [2.45, 2.75) is 30.6 Å². The Morgan fingerprint density at radius 2 is 1.59 bits per heavy atom. The summed E-state index contributed by atoms with van der Waals surface area (Å²) in [5.74, 6) is 0. The van der Waals surface area contributed by atoms with Crippen molar-refractivity contribution in [2.75, 3.05) is 0 Å². The molecular formula is C11H15NO4S. The molecule has 17 heavy (non-hydrogen) atoms. The maximum absolute atomic E-state index is 10.4. The van der Waals surface area contributed by atoms with Gasteiger partial charge in [0.15, 0.2) is 0 Å². The van der Waals surface area contributed by atoms with Crippen LogP contribution < -0.4 is 0 Å². The number of hydrogen-bond acceptors (Lipinski definition) is 4. The summed E-state index contributed by atoms with van der Waals surface area (Å²) in [6, 6.07) is 7.42. The van der Waals surface area contributed by atoms with Crippen LogP contribution in [0.15, 0.2) is 40.4 Å². The van der Waals surface area contributed by atoms with Gasteiger partial charge in [0.2, 0.25) is 0 Å². The van der Waals surface area contributed by atoms with Gasteiger partial charge in [-0.25, -0.2) is 0 Å². The van der Waals surface area contributed by atoms with Gasteiger partial charge in [0.05, 0.1) is 10.6 Å². The van der Waals surface area contributed by atoms with Crippen LogP contribution in [0.1, 0.15) is 25.7 Å². The smallest absolute Gasteiger partial charge is 0.294 e.